The zero-order chi connectivity index (χ0) is 14.1. The Morgan fingerprint density at radius 2 is 1.85 bits per heavy atom. The predicted molar refractivity (Wildman–Crippen MR) is 92.3 cm³/mol. The van der Waals surface area contributed by atoms with E-state index in [9.17, 15) is 0 Å². The first-order valence-electron chi connectivity index (χ1n) is 7.48. The number of fused-ring (bicyclic) bond motifs is 1. The van der Waals surface area contributed by atoms with Crippen molar-refractivity contribution in [2.24, 2.45) is 0 Å². The van der Waals surface area contributed by atoms with Gasteiger partial charge in [-0.05, 0) is 62.3 Å². The molecule has 0 fully saturated rings. The molecule has 0 N–H and O–H groups in total. The monoisotopic (exact) mass is 348 g/mol. The molecule has 0 saturated carbocycles. The molecule has 1 unspecified atom stereocenters. The van der Waals surface area contributed by atoms with Gasteiger partial charge < -0.3 is 0 Å². The van der Waals surface area contributed by atoms with E-state index in [4.69, 9.17) is 0 Å². The number of hydrogen-bond acceptors (Lipinski definition) is 1. The molecule has 0 spiro atoms. The zero-order valence-corrected chi connectivity index (χ0v) is 14.6. The van der Waals surface area contributed by atoms with Crippen molar-refractivity contribution >= 4 is 27.3 Å². The normalized spacial score (nSPS) is 16.6. The maximum absolute atomic E-state index is 3.93. The van der Waals surface area contributed by atoms with Crippen molar-refractivity contribution in [1.29, 1.82) is 0 Å². The minimum absolute atomic E-state index is 0.347. The number of benzene rings is 1. The van der Waals surface area contributed by atoms with Crippen LogP contribution in [0.2, 0.25) is 0 Å². The quantitative estimate of drug-likeness (QED) is 0.453. The Kier molecular flexibility index (Phi) is 4.32. The SMILES string of the molecule is Cc1ccc(C(Br)c2cc3c(s2)CCCCC3)c(C)c1. The summed E-state index contributed by atoms with van der Waals surface area (Å²) < 4.78 is 0. The van der Waals surface area contributed by atoms with Gasteiger partial charge in [0.1, 0.15) is 0 Å². The molecule has 1 heterocycles. The third-order valence-corrected chi connectivity index (χ3v) is 6.81. The molecule has 1 atom stereocenters. The number of halogens is 1. The highest BCUT2D eigenvalue weighted by atomic mass is 79.9. The minimum Gasteiger partial charge on any atom is -0.144 e. The second kappa shape index (κ2) is 6.03. The molecule has 0 aliphatic heterocycles. The summed E-state index contributed by atoms with van der Waals surface area (Å²) in [5, 5.41) is 0. The number of rotatable bonds is 2. The van der Waals surface area contributed by atoms with Crippen molar-refractivity contribution in [2.45, 2.75) is 50.8 Å². The fourth-order valence-corrected chi connectivity index (χ4v) is 5.26. The lowest BCUT2D eigenvalue weighted by Crippen LogP contribution is -1.94. The highest BCUT2D eigenvalue weighted by Crippen LogP contribution is 2.40. The average molecular weight is 349 g/mol. The Labute approximate surface area is 134 Å². The lowest BCUT2D eigenvalue weighted by molar-refractivity contribution is 0.712. The van der Waals surface area contributed by atoms with Crippen LogP contribution in [-0.4, -0.2) is 0 Å². The molecule has 20 heavy (non-hydrogen) atoms. The lowest BCUT2D eigenvalue weighted by atomic mass is 10.0. The van der Waals surface area contributed by atoms with Crippen LogP contribution in [0, 0.1) is 13.8 Å². The molecule has 106 valence electrons. The largest absolute Gasteiger partial charge is 0.144 e. The van der Waals surface area contributed by atoms with E-state index in [1.807, 2.05) is 11.3 Å². The molecule has 0 bridgehead atoms. The summed E-state index contributed by atoms with van der Waals surface area (Å²) in [5.41, 5.74) is 5.74. The molecule has 0 amide bonds. The molecule has 1 aliphatic rings. The standard InChI is InChI=1S/C18H21BrS/c1-12-8-9-15(13(2)10-12)18(19)17-11-14-6-4-3-5-7-16(14)20-17/h8-11,18H,3-7H2,1-2H3. The first-order valence-corrected chi connectivity index (χ1v) is 9.21. The van der Waals surface area contributed by atoms with Crippen LogP contribution in [-0.2, 0) is 12.8 Å². The van der Waals surface area contributed by atoms with E-state index in [1.165, 1.54) is 53.7 Å². The van der Waals surface area contributed by atoms with Crippen LogP contribution >= 0.6 is 27.3 Å². The van der Waals surface area contributed by atoms with Crippen LogP contribution in [0.15, 0.2) is 24.3 Å². The van der Waals surface area contributed by atoms with Crippen molar-refractivity contribution in [3.63, 3.8) is 0 Å². The Bertz CT molecular complexity index is 588. The number of alkyl halides is 1. The fraction of sp³-hybridized carbons (Fsp3) is 0.444. The smallest absolute Gasteiger partial charge is 0.0740 e. The van der Waals surface area contributed by atoms with Crippen molar-refractivity contribution in [3.05, 3.63) is 56.3 Å². The van der Waals surface area contributed by atoms with E-state index in [2.05, 4.69) is 54.0 Å². The maximum atomic E-state index is 3.93. The van der Waals surface area contributed by atoms with E-state index >= 15 is 0 Å². The van der Waals surface area contributed by atoms with Gasteiger partial charge in [-0.2, -0.15) is 0 Å². The van der Waals surface area contributed by atoms with E-state index < -0.39 is 0 Å². The average Bonchev–Trinajstić information content (AvgIpc) is 2.69. The first-order chi connectivity index (χ1) is 9.65. The van der Waals surface area contributed by atoms with Crippen LogP contribution in [0.5, 0.6) is 0 Å². The Morgan fingerprint density at radius 1 is 1.05 bits per heavy atom. The van der Waals surface area contributed by atoms with E-state index in [-0.39, 0.29) is 0 Å². The third-order valence-electron chi connectivity index (χ3n) is 4.21. The zero-order valence-electron chi connectivity index (χ0n) is 12.2. The van der Waals surface area contributed by atoms with E-state index in [1.54, 1.807) is 10.4 Å². The maximum Gasteiger partial charge on any atom is 0.0740 e. The first kappa shape index (κ1) is 14.3. The predicted octanol–water partition coefficient (Wildman–Crippen LogP) is 6.12. The summed E-state index contributed by atoms with van der Waals surface area (Å²) >= 11 is 5.94. The molecule has 3 rings (SSSR count). The summed E-state index contributed by atoms with van der Waals surface area (Å²) in [6, 6.07) is 9.22. The van der Waals surface area contributed by atoms with Crippen LogP contribution in [0.1, 0.15) is 56.1 Å². The van der Waals surface area contributed by atoms with Gasteiger partial charge in [-0.25, -0.2) is 0 Å². The molecule has 0 radical (unpaired) electrons. The Balaban J connectivity index is 1.92. The van der Waals surface area contributed by atoms with Crippen molar-refractivity contribution in [1.82, 2.24) is 0 Å². The van der Waals surface area contributed by atoms with Gasteiger partial charge in [0.2, 0.25) is 0 Å². The summed E-state index contributed by atoms with van der Waals surface area (Å²) in [5.74, 6) is 0. The summed E-state index contributed by atoms with van der Waals surface area (Å²) in [6.07, 6.45) is 6.68. The second-order valence-corrected chi connectivity index (χ2v) is 7.96. The van der Waals surface area contributed by atoms with Gasteiger partial charge in [-0.1, -0.05) is 46.1 Å². The van der Waals surface area contributed by atoms with E-state index in [0.717, 1.165) is 0 Å². The minimum atomic E-state index is 0.347. The van der Waals surface area contributed by atoms with Gasteiger partial charge in [0.05, 0.1) is 4.83 Å². The fourth-order valence-electron chi connectivity index (χ4n) is 3.08. The van der Waals surface area contributed by atoms with Crippen LogP contribution in [0.25, 0.3) is 0 Å². The number of thiophene rings is 1. The lowest BCUT2D eigenvalue weighted by Gasteiger charge is -2.12. The van der Waals surface area contributed by atoms with Gasteiger partial charge in [-0.3, -0.25) is 0 Å². The summed E-state index contributed by atoms with van der Waals surface area (Å²) in [4.78, 5) is 3.45. The van der Waals surface area contributed by atoms with E-state index in [0.29, 0.717) is 4.83 Å². The molecule has 0 nitrogen and oxygen atoms in total. The van der Waals surface area contributed by atoms with Crippen LogP contribution in [0.3, 0.4) is 0 Å². The van der Waals surface area contributed by atoms with Crippen molar-refractivity contribution in [3.8, 4) is 0 Å². The molecule has 1 aliphatic carbocycles. The summed E-state index contributed by atoms with van der Waals surface area (Å²) in [7, 11) is 0. The van der Waals surface area contributed by atoms with Crippen LogP contribution in [0.4, 0.5) is 0 Å². The molecule has 2 aromatic rings. The van der Waals surface area contributed by atoms with Gasteiger partial charge in [0.25, 0.3) is 0 Å². The molecule has 0 saturated heterocycles. The molecular formula is C18H21BrS. The van der Waals surface area contributed by atoms with Gasteiger partial charge in [0, 0.05) is 9.75 Å². The van der Waals surface area contributed by atoms with Crippen molar-refractivity contribution in [2.75, 3.05) is 0 Å². The van der Waals surface area contributed by atoms with Gasteiger partial charge >= 0.3 is 0 Å². The molecule has 2 heteroatoms. The summed E-state index contributed by atoms with van der Waals surface area (Å²) in [6.45, 7) is 4.38. The van der Waals surface area contributed by atoms with Gasteiger partial charge in [0.15, 0.2) is 0 Å². The molecular weight excluding hydrogens is 328 g/mol. The number of hydrogen-bond donors (Lipinski definition) is 0. The highest BCUT2D eigenvalue weighted by molar-refractivity contribution is 9.09. The van der Waals surface area contributed by atoms with Gasteiger partial charge in [-0.15, -0.1) is 11.3 Å². The molecule has 1 aromatic carbocycles. The second-order valence-electron chi connectivity index (χ2n) is 5.88. The van der Waals surface area contributed by atoms with Crippen molar-refractivity contribution < 1.29 is 0 Å². The third kappa shape index (κ3) is 2.87. The Morgan fingerprint density at radius 3 is 2.65 bits per heavy atom. The topological polar surface area (TPSA) is 0 Å². The Hall–Kier alpha value is -0.600. The number of aryl methyl sites for hydroxylation is 4. The van der Waals surface area contributed by atoms with Crippen LogP contribution < -0.4 is 0 Å². The highest BCUT2D eigenvalue weighted by Gasteiger charge is 2.19. The molecule has 1 aromatic heterocycles.